The molecule has 18 heavy (non-hydrogen) atoms. The van der Waals surface area contributed by atoms with E-state index < -0.39 is 0 Å². The van der Waals surface area contributed by atoms with E-state index >= 15 is 0 Å². The molecule has 1 heterocycles. The first-order valence-electron chi connectivity index (χ1n) is 6.80. The van der Waals surface area contributed by atoms with Crippen molar-refractivity contribution in [1.29, 1.82) is 0 Å². The van der Waals surface area contributed by atoms with Crippen LogP contribution in [0.5, 0.6) is 0 Å². The van der Waals surface area contributed by atoms with E-state index in [2.05, 4.69) is 5.32 Å². The highest BCUT2D eigenvalue weighted by Crippen LogP contribution is 2.18. The van der Waals surface area contributed by atoms with E-state index in [0.29, 0.717) is 31.9 Å². The maximum absolute atomic E-state index is 11.9. The zero-order chi connectivity index (χ0) is 13.4. The van der Waals surface area contributed by atoms with Crippen LogP contribution >= 0.6 is 11.6 Å². The molecule has 1 N–H and O–H groups in total. The van der Waals surface area contributed by atoms with Crippen LogP contribution in [0.1, 0.15) is 39.0 Å². The maximum Gasteiger partial charge on any atom is 0.223 e. The minimum absolute atomic E-state index is 0.0804. The van der Waals surface area contributed by atoms with Crippen LogP contribution in [0, 0.1) is 5.92 Å². The molecule has 4 nitrogen and oxygen atoms in total. The second-order valence-corrected chi connectivity index (χ2v) is 5.07. The van der Waals surface area contributed by atoms with E-state index in [1.807, 2.05) is 11.8 Å². The van der Waals surface area contributed by atoms with Crippen molar-refractivity contribution in [3.8, 4) is 0 Å². The number of nitrogens with one attached hydrogen (secondary N) is 1. The Kier molecular flexibility index (Phi) is 7.09. The molecule has 0 spiro atoms. The lowest BCUT2D eigenvalue weighted by atomic mass is 9.95. The monoisotopic (exact) mass is 274 g/mol. The van der Waals surface area contributed by atoms with Crippen molar-refractivity contribution in [3.63, 3.8) is 0 Å². The average molecular weight is 275 g/mol. The SMILES string of the molecule is CCNC(=O)C1CCN(C(=O)CCCCCl)CC1. The fraction of sp³-hybridized carbons (Fsp3) is 0.846. The van der Waals surface area contributed by atoms with Gasteiger partial charge in [0.2, 0.25) is 11.8 Å². The normalized spacial score (nSPS) is 16.7. The van der Waals surface area contributed by atoms with Crippen LogP contribution in [0.2, 0.25) is 0 Å². The molecule has 1 rings (SSSR count). The molecular formula is C13H23ClN2O2. The van der Waals surface area contributed by atoms with Crippen LogP contribution in [0.15, 0.2) is 0 Å². The number of unbranched alkanes of at least 4 members (excludes halogenated alkanes) is 1. The molecule has 0 aromatic rings. The van der Waals surface area contributed by atoms with Crippen LogP contribution in [0.25, 0.3) is 0 Å². The predicted octanol–water partition coefficient (Wildman–Crippen LogP) is 1.77. The zero-order valence-electron chi connectivity index (χ0n) is 11.1. The number of hydrogen-bond acceptors (Lipinski definition) is 2. The van der Waals surface area contributed by atoms with Gasteiger partial charge in [0.15, 0.2) is 0 Å². The lowest BCUT2D eigenvalue weighted by Gasteiger charge is -2.31. The molecular weight excluding hydrogens is 252 g/mol. The van der Waals surface area contributed by atoms with Crippen LogP contribution < -0.4 is 5.32 Å². The number of rotatable bonds is 6. The molecule has 0 saturated carbocycles. The molecule has 104 valence electrons. The standard InChI is InChI=1S/C13H23ClN2O2/c1-2-15-13(18)11-6-9-16(10-7-11)12(17)5-3-4-8-14/h11H,2-10H2,1H3,(H,15,18). The van der Waals surface area contributed by atoms with E-state index in [1.54, 1.807) is 0 Å². The molecule has 0 aliphatic carbocycles. The number of amides is 2. The fourth-order valence-corrected chi connectivity index (χ4v) is 2.43. The van der Waals surface area contributed by atoms with Gasteiger partial charge in [0.05, 0.1) is 0 Å². The molecule has 0 radical (unpaired) electrons. The van der Waals surface area contributed by atoms with Gasteiger partial charge in [-0.15, -0.1) is 11.6 Å². The topological polar surface area (TPSA) is 49.4 Å². The van der Waals surface area contributed by atoms with E-state index in [9.17, 15) is 9.59 Å². The number of halogens is 1. The Labute approximate surface area is 114 Å². The van der Waals surface area contributed by atoms with Gasteiger partial charge in [-0.05, 0) is 32.6 Å². The number of likely N-dealkylation sites (tertiary alicyclic amines) is 1. The molecule has 0 bridgehead atoms. The van der Waals surface area contributed by atoms with Gasteiger partial charge in [-0.3, -0.25) is 9.59 Å². The molecule has 5 heteroatoms. The molecule has 0 aromatic heterocycles. The number of nitrogens with zero attached hydrogens (tertiary/aromatic N) is 1. The number of hydrogen-bond donors (Lipinski definition) is 1. The highest BCUT2D eigenvalue weighted by atomic mass is 35.5. The van der Waals surface area contributed by atoms with Crippen molar-refractivity contribution in [3.05, 3.63) is 0 Å². The average Bonchev–Trinajstić information content (AvgIpc) is 2.39. The van der Waals surface area contributed by atoms with Crippen molar-refractivity contribution in [1.82, 2.24) is 10.2 Å². The molecule has 0 aromatic carbocycles. The molecule has 0 unspecified atom stereocenters. The summed E-state index contributed by atoms with van der Waals surface area (Å²) in [5.41, 5.74) is 0. The molecule has 1 aliphatic heterocycles. The second kappa shape index (κ2) is 8.35. The lowest BCUT2D eigenvalue weighted by Crippen LogP contribution is -2.42. The third kappa shape index (κ3) is 4.84. The first kappa shape index (κ1) is 15.3. The second-order valence-electron chi connectivity index (χ2n) is 4.70. The smallest absolute Gasteiger partial charge is 0.223 e. The van der Waals surface area contributed by atoms with Crippen molar-refractivity contribution >= 4 is 23.4 Å². The quantitative estimate of drug-likeness (QED) is 0.593. The Morgan fingerprint density at radius 3 is 2.50 bits per heavy atom. The predicted molar refractivity (Wildman–Crippen MR) is 72.6 cm³/mol. The Morgan fingerprint density at radius 1 is 1.28 bits per heavy atom. The van der Waals surface area contributed by atoms with Crippen LogP contribution in [0.4, 0.5) is 0 Å². The Hall–Kier alpha value is -0.770. The van der Waals surface area contributed by atoms with Crippen LogP contribution in [0.3, 0.4) is 0 Å². The van der Waals surface area contributed by atoms with Crippen molar-refractivity contribution in [2.75, 3.05) is 25.5 Å². The van der Waals surface area contributed by atoms with Gasteiger partial charge in [0, 0.05) is 37.9 Å². The van der Waals surface area contributed by atoms with Gasteiger partial charge in [0.1, 0.15) is 0 Å². The third-order valence-electron chi connectivity index (χ3n) is 3.34. The van der Waals surface area contributed by atoms with Gasteiger partial charge in [-0.2, -0.15) is 0 Å². The number of carbonyl (C=O) groups is 2. The minimum atomic E-state index is 0.0804. The summed E-state index contributed by atoms with van der Waals surface area (Å²) < 4.78 is 0. The number of carbonyl (C=O) groups excluding carboxylic acids is 2. The Bertz CT molecular complexity index is 276. The summed E-state index contributed by atoms with van der Waals surface area (Å²) in [6.07, 6.45) is 3.90. The molecule has 0 atom stereocenters. The number of piperidine rings is 1. The maximum atomic E-state index is 11.9. The van der Waals surface area contributed by atoms with Crippen molar-refractivity contribution < 1.29 is 9.59 Å². The molecule has 1 fully saturated rings. The molecule has 1 saturated heterocycles. The lowest BCUT2D eigenvalue weighted by molar-refractivity contribution is -0.135. The first-order valence-corrected chi connectivity index (χ1v) is 7.34. The largest absolute Gasteiger partial charge is 0.356 e. The Morgan fingerprint density at radius 2 is 1.94 bits per heavy atom. The van der Waals surface area contributed by atoms with Gasteiger partial charge < -0.3 is 10.2 Å². The number of alkyl halides is 1. The van der Waals surface area contributed by atoms with Crippen LogP contribution in [-0.2, 0) is 9.59 Å². The van der Waals surface area contributed by atoms with Crippen molar-refractivity contribution in [2.45, 2.75) is 39.0 Å². The highest BCUT2D eigenvalue weighted by molar-refractivity contribution is 6.17. The minimum Gasteiger partial charge on any atom is -0.356 e. The summed E-state index contributed by atoms with van der Waals surface area (Å²) in [5.74, 6) is 1.03. The van der Waals surface area contributed by atoms with E-state index in [4.69, 9.17) is 11.6 Å². The summed E-state index contributed by atoms with van der Waals surface area (Å²) >= 11 is 5.59. The van der Waals surface area contributed by atoms with Gasteiger partial charge >= 0.3 is 0 Å². The highest BCUT2D eigenvalue weighted by Gasteiger charge is 2.26. The summed E-state index contributed by atoms with van der Waals surface area (Å²) in [5, 5.41) is 2.84. The van der Waals surface area contributed by atoms with Crippen molar-refractivity contribution in [2.24, 2.45) is 5.92 Å². The first-order chi connectivity index (χ1) is 8.69. The van der Waals surface area contributed by atoms with Gasteiger partial charge in [-0.1, -0.05) is 0 Å². The van der Waals surface area contributed by atoms with Gasteiger partial charge in [-0.25, -0.2) is 0 Å². The summed E-state index contributed by atoms with van der Waals surface area (Å²) in [4.78, 5) is 25.4. The van der Waals surface area contributed by atoms with E-state index in [1.165, 1.54) is 0 Å². The summed E-state index contributed by atoms with van der Waals surface area (Å²) in [6, 6.07) is 0. The fourth-order valence-electron chi connectivity index (χ4n) is 2.24. The van der Waals surface area contributed by atoms with Gasteiger partial charge in [0.25, 0.3) is 0 Å². The zero-order valence-corrected chi connectivity index (χ0v) is 11.8. The molecule has 2 amide bonds. The van der Waals surface area contributed by atoms with E-state index in [-0.39, 0.29) is 17.7 Å². The Balaban J connectivity index is 2.26. The van der Waals surface area contributed by atoms with Crippen LogP contribution in [-0.4, -0.2) is 42.2 Å². The summed E-state index contributed by atoms with van der Waals surface area (Å²) in [7, 11) is 0. The third-order valence-corrected chi connectivity index (χ3v) is 3.61. The molecule has 1 aliphatic rings. The van der Waals surface area contributed by atoms with E-state index in [0.717, 1.165) is 25.7 Å². The summed E-state index contributed by atoms with van der Waals surface area (Å²) in [6.45, 7) is 4.02.